The van der Waals surface area contributed by atoms with E-state index in [1.54, 1.807) is 0 Å². The van der Waals surface area contributed by atoms with Crippen LogP contribution >= 0.6 is 11.3 Å². The van der Waals surface area contributed by atoms with E-state index >= 15 is 0 Å². The summed E-state index contributed by atoms with van der Waals surface area (Å²) in [6.45, 7) is 0.200. The summed E-state index contributed by atoms with van der Waals surface area (Å²) in [5.74, 6) is -1.01. The van der Waals surface area contributed by atoms with Crippen LogP contribution in [0.15, 0.2) is 35.7 Å². The average molecular weight is 398 g/mol. The van der Waals surface area contributed by atoms with Crippen LogP contribution < -0.4 is 0 Å². The number of carbonyl (C=O) groups is 3. The summed E-state index contributed by atoms with van der Waals surface area (Å²) in [6.07, 6.45) is 3.57. The average Bonchev–Trinajstić information content (AvgIpc) is 3.30. The molecule has 2 heterocycles. The van der Waals surface area contributed by atoms with Crippen molar-refractivity contribution in [2.45, 2.75) is 38.7 Å². The lowest BCUT2D eigenvalue weighted by molar-refractivity contribution is -0.146. The van der Waals surface area contributed by atoms with Gasteiger partial charge in [-0.1, -0.05) is 43.2 Å². The number of thiazole rings is 1. The predicted octanol–water partition coefficient (Wildman–Crippen LogP) is 3.42. The molecule has 28 heavy (non-hydrogen) atoms. The number of rotatable bonds is 6. The highest BCUT2D eigenvalue weighted by Crippen LogP contribution is 2.38. The number of fused-ring (bicyclic) bond motifs is 1. The molecule has 1 aliphatic heterocycles. The summed E-state index contributed by atoms with van der Waals surface area (Å²) in [5, 5.41) is 2.75. The lowest BCUT2D eigenvalue weighted by atomic mass is 9.81. The van der Waals surface area contributed by atoms with E-state index in [0.29, 0.717) is 5.69 Å². The number of benzene rings is 1. The molecular formula is C21H22N2O4S. The highest BCUT2D eigenvalue weighted by atomic mass is 32.1. The summed E-state index contributed by atoms with van der Waals surface area (Å²) in [5.41, 5.74) is 1.72. The summed E-state index contributed by atoms with van der Waals surface area (Å²) in [6, 6.07) is 9.82. The number of hydrogen-bond acceptors (Lipinski definition) is 6. The SMILES string of the molecule is O=C(CCN1C(=O)C2CCCCC2C1=O)OCc1csc(-c2ccccc2)n1. The number of ether oxygens (including phenoxy) is 1. The third-order valence-corrected chi connectivity index (χ3v) is 6.37. The monoisotopic (exact) mass is 398 g/mol. The van der Waals surface area contributed by atoms with Crippen LogP contribution in [0.25, 0.3) is 10.6 Å². The Balaban J connectivity index is 1.27. The van der Waals surface area contributed by atoms with Crippen molar-refractivity contribution >= 4 is 29.1 Å². The van der Waals surface area contributed by atoms with E-state index < -0.39 is 5.97 Å². The summed E-state index contributed by atoms with van der Waals surface area (Å²) >= 11 is 1.50. The van der Waals surface area contributed by atoms with Crippen molar-refractivity contribution in [1.29, 1.82) is 0 Å². The quantitative estimate of drug-likeness (QED) is 0.550. The fourth-order valence-electron chi connectivity index (χ4n) is 3.97. The van der Waals surface area contributed by atoms with E-state index in [2.05, 4.69) is 4.98 Å². The first-order chi connectivity index (χ1) is 13.6. The minimum atomic E-state index is -0.426. The van der Waals surface area contributed by atoms with Crippen LogP contribution in [0.2, 0.25) is 0 Å². The van der Waals surface area contributed by atoms with Gasteiger partial charge in [-0.2, -0.15) is 0 Å². The Hall–Kier alpha value is -2.54. The van der Waals surface area contributed by atoms with Crippen molar-refractivity contribution < 1.29 is 19.1 Å². The molecule has 0 radical (unpaired) electrons. The van der Waals surface area contributed by atoms with Gasteiger partial charge in [0.25, 0.3) is 0 Å². The van der Waals surface area contributed by atoms with Crippen molar-refractivity contribution in [3.63, 3.8) is 0 Å². The number of esters is 1. The van der Waals surface area contributed by atoms with E-state index in [0.717, 1.165) is 36.3 Å². The van der Waals surface area contributed by atoms with Gasteiger partial charge in [-0.3, -0.25) is 19.3 Å². The van der Waals surface area contributed by atoms with Gasteiger partial charge in [0.15, 0.2) is 0 Å². The van der Waals surface area contributed by atoms with Crippen LogP contribution in [0.5, 0.6) is 0 Å². The molecule has 0 N–H and O–H groups in total. The molecule has 7 heteroatoms. The summed E-state index contributed by atoms with van der Waals surface area (Å²) < 4.78 is 5.28. The van der Waals surface area contributed by atoms with Gasteiger partial charge in [0.05, 0.1) is 24.0 Å². The molecule has 0 bridgehead atoms. The molecule has 1 aromatic carbocycles. The molecule has 2 unspecified atom stereocenters. The Bertz CT molecular complexity index is 856. The van der Waals surface area contributed by atoms with Crippen LogP contribution in [0.1, 0.15) is 37.8 Å². The van der Waals surface area contributed by atoms with Crippen molar-refractivity contribution in [2.24, 2.45) is 11.8 Å². The second-order valence-corrected chi connectivity index (χ2v) is 8.10. The molecule has 1 saturated heterocycles. The fraction of sp³-hybridized carbons (Fsp3) is 0.429. The predicted molar refractivity (Wildman–Crippen MR) is 104 cm³/mol. The number of likely N-dealkylation sites (tertiary alicyclic amines) is 1. The first kappa shape index (κ1) is 18.8. The van der Waals surface area contributed by atoms with Crippen molar-refractivity contribution in [3.8, 4) is 10.6 Å². The molecule has 2 amide bonds. The van der Waals surface area contributed by atoms with Crippen LogP contribution in [-0.2, 0) is 25.7 Å². The minimum absolute atomic E-state index is 0.0204. The van der Waals surface area contributed by atoms with Gasteiger partial charge >= 0.3 is 5.97 Å². The number of carbonyl (C=O) groups excluding carboxylic acids is 3. The standard InChI is InChI=1S/C21H22N2O4S/c24-18(10-11-23-20(25)16-8-4-5-9-17(16)21(23)26)27-12-15-13-28-19(22-15)14-6-2-1-3-7-14/h1-3,6-7,13,16-17H,4-5,8-12H2. The topological polar surface area (TPSA) is 76.6 Å². The second-order valence-electron chi connectivity index (χ2n) is 7.25. The maximum absolute atomic E-state index is 12.4. The van der Waals surface area contributed by atoms with Gasteiger partial charge in [-0.05, 0) is 12.8 Å². The molecule has 2 aromatic rings. The maximum Gasteiger partial charge on any atom is 0.307 e. The van der Waals surface area contributed by atoms with E-state index in [1.165, 1.54) is 16.2 Å². The van der Waals surface area contributed by atoms with E-state index in [1.807, 2.05) is 35.7 Å². The van der Waals surface area contributed by atoms with Gasteiger partial charge in [-0.25, -0.2) is 4.98 Å². The normalized spacial score (nSPS) is 21.6. The molecule has 0 spiro atoms. The molecule has 2 aliphatic rings. The lowest BCUT2D eigenvalue weighted by Crippen LogP contribution is -2.33. The molecule has 1 aliphatic carbocycles. The summed E-state index contributed by atoms with van der Waals surface area (Å²) in [4.78, 5) is 42.7. The zero-order chi connectivity index (χ0) is 19.5. The van der Waals surface area contributed by atoms with Gasteiger partial charge in [0.1, 0.15) is 11.6 Å². The summed E-state index contributed by atoms with van der Waals surface area (Å²) in [7, 11) is 0. The third kappa shape index (κ3) is 3.85. The van der Waals surface area contributed by atoms with Crippen LogP contribution in [-0.4, -0.2) is 34.2 Å². The molecule has 1 aromatic heterocycles. The minimum Gasteiger partial charge on any atom is -0.459 e. The van der Waals surface area contributed by atoms with E-state index in [-0.39, 0.29) is 43.2 Å². The number of amides is 2. The molecule has 2 atom stereocenters. The third-order valence-electron chi connectivity index (χ3n) is 5.43. The second kappa shape index (κ2) is 8.22. The Morgan fingerprint density at radius 1 is 1.11 bits per heavy atom. The molecular weight excluding hydrogens is 376 g/mol. The van der Waals surface area contributed by atoms with Crippen LogP contribution in [0.4, 0.5) is 0 Å². The van der Waals surface area contributed by atoms with Gasteiger partial charge in [0.2, 0.25) is 11.8 Å². The molecule has 2 fully saturated rings. The molecule has 4 rings (SSSR count). The van der Waals surface area contributed by atoms with Crippen LogP contribution in [0.3, 0.4) is 0 Å². The van der Waals surface area contributed by atoms with Crippen molar-refractivity contribution in [3.05, 3.63) is 41.4 Å². The Kier molecular flexibility index (Phi) is 5.52. The number of imide groups is 1. The largest absolute Gasteiger partial charge is 0.459 e. The maximum atomic E-state index is 12.4. The van der Waals surface area contributed by atoms with E-state index in [9.17, 15) is 14.4 Å². The number of nitrogens with zero attached hydrogens (tertiary/aromatic N) is 2. The molecule has 1 saturated carbocycles. The highest BCUT2D eigenvalue weighted by Gasteiger charge is 2.47. The number of aromatic nitrogens is 1. The highest BCUT2D eigenvalue weighted by molar-refractivity contribution is 7.13. The zero-order valence-corrected chi connectivity index (χ0v) is 16.3. The van der Waals surface area contributed by atoms with Gasteiger partial charge in [-0.15, -0.1) is 11.3 Å². The van der Waals surface area contributed by atoms with Crippen molar-refractivity contribution in [2.75, 3.05) is 6.54 Å². The molecule has 146 valence electrons. The van der Waals surface area contributed by atoms with E-state index in [4.69, 9.17) is 4.74 Å². The Labute approximate surface area is 167 Å². The smallest absolute Gasteiger partial charge is 0.307 e. The Morgan fingerprint density at radius 3 is 2.46 bits per heavy atom. The van der Waals surface area contributed by atoms with Gasteiger partial charge < -0.3 is 4.74 Å². The Morgan fingerprint density at radius 2 is 1.79 bits per heavy atom. The number of hydrogen-bond donors (Lipinski definition) is 0. The van der Waals surface area contributed by atoms with Crippen molar-refractivity contribution in [1.82, 2.24) is 9.88 Å². The lowest BCUT2D eigenvalue weighted by Gasteiger charge is -2.19. The molecule has 6 nitrogen and oxygen atoms in total. The zero-order valence-electron chi connectivity index (χ0n) is 15.5. The van der Waals surface area contributed by atoms with Crippen LogP contribution in [0, 0.1) is 11.8 Å². The fourth-order valence-corrected chi connectivity index (χ4v) is 4.78. The first-order valence-corrected chi connectivity index (χ1v) is 10.5. The van der Waals surface area contributed by atoms with Gasteiger partial charge in [0, 0.05) is 17.5 Å². The first-order valence-electron chi connectivity index (χ1n) is 9.64.